The third kappa shape index (κ3) is 7.98. The van der Waals surface area contributed by atoms with E-state index in [0.29, 0.717) is 12.8 Å². The Labute approximate surface area is 186 Å². The quantitative estimate of drug-likeness (QED) is 0.296. The number of halogens is 2. The third-order valence-electron chi connectivity index (χ3n) is 6.15. The number of alkyl halides is 2. The summed E-state index contributed by atoms with van der Waals surface area (Å²) < 4.78 is 26.7. The largest absolute Gasteiger partial charge is 0.248 e. The molecule has 31 heavy (non-hydrogen) atoms. The van der Waals surface area contributed by atoms with E-state index in [1.807, 2.05) is 24.3 Å². The molecule has 0 nitrogen and oxygen atoms in total. The van der Waals surface area contributed by atoms with Crippen LogP contribution >= 0.6 is 0 Å². The van der Waals surface area contributed by atoms with Crippen LogP contribution in [0.2, 0.25) is 0 Å². The zero-order valence-corrected chi connectivity index (χ0v) is 18.7. The maximum Gasteiger partial charge on any atom is 0.248 e. The lowest BCUT2D eigenvalue weighted by Crippen LogP contribution is -2.23. The summed E-state index contributed by atoms with van der Waals surface area (Å²) in [7, 11) is 0. The molecule has 1 aliphatic rings. The van der Waals surface area contributed by atoms with Crippen molar-refractivity contribution in [1.29, 1.82) is 0 Å². The van der Waals surface area contributed by atoms with Crippen molar-refractivity contribution in [2.75, 3.05) is 0 Å². The first-order valence-electron chi connectivity index (χ1n) is 11.8. The molecule has 0 N–H and O–H groups in total. The van der Waals surface area contributed by atoms with Gasteiger partial charge < -0.3 is 0 Å². The van der Waals surface area contributed by atoms with Gasteiger partial charge in [-0.1, -0.05) is 80.9 Å². The molecule has 0 radical (unpaired) electrons. The van der Waals surface area contributed by atoms with Gasteiger partial charge in [-0.2, -0.15) is 0 Å². The van der Waals surface area contributed by atoms with Crippen LogP contribution in [-0.2, 0) is 0 Å². The summed E-state index contributed by atoms with van der Waals surface area (Å²) in [5.41, 5.74) is 4.32. The number of allylic oxidation sites excluding steroid dienone is 1. The Morgan fingerprint density at radius 2 is 1.42 bits per heavy atom. The zero-order chi connectivity index (χ0) is 21.9. The van der Waals surface area contributed by atoms with E-state index < -0.39 is 5.92 Å². The number of hydrogen-bond acceptors (Lipinski definition) is 0. The maximum atomic E-state index is 13.4. The Balaban J connectivity index is 1.48. The summed E-state index contributed by atoms with van der Waals surface area (Å²) in [6.07, 6.45) is 13.3. The summed E-state index contributed by atoms with van der Waals surface area (Å²) >= 11 is 0. The highest BCUT2D eigenvalue weighted by Gasteiger charge is 2.35. The molecule has 0 aromatic heterocycles. The maximum absolute atomic E-state index is 13.4. The van der Waals surface area contributed by atoms with Gasteiger partial charge in [0.05, 0.1) is 0 Å². The minimum Gasteiger partial charge on any atom is -0.207 e. The highest BCUT2D eigenvalue weighted by molar-refractivity contribution is 5.52. The standard InChI is InChI=1S/C29H34F2/c1-2-3-4-5-6-7-8-9-24-10-12-25(13-11-24)14-15-26-16-18-27(19-17-26)28-20-22-29(30,31)23-21-28/h8-13,16-19,28H,2-7,20-23H2,1H3/b9-8+. The molecule has 0 aliphatic heterocycles. The van der Waals surface area contributed by atoms with Crippen LogP contribution in [-0.4, -0.2) is 5.92 Å². The normalized spacial score (nSPS) is 16.2. The average molecular weight is 421 g/mol. The van der Waals surface area contributed by atoms with Crippen molar-refractivity contribution in [3.63, 3.8) is 0 Å². The molecule has 2 heteroatoms. The lowest BCUT2D eigenvalue weighted by atomic mass is 9.82. The van der Waals surface area contributed by atoms with Crippen molar-refractivity contribution in [3.8, 4) is 11.8 Å². The van der Waals surface area contributed by atoms with Crippen molar-refractivity contribution in [2.45, 2.75) is 83.0 Å². The van der Waals surface area contributed by atoms with Crippen LogP contribution < -0.4 is 0 Å². The van der Waals surface area contributed by atoms with Crippen LogP contribution in [0.15, 0.2) is 54.6 Å². The van der Waals surface area contributed by atoms with Crippen molar-refractivity contribution < 1.29 is 8.78 Å². The highest BCUT2D eigenvalue weighted by Crippen LogP contribution is 2.40. The van der Waals surface area contributed by atoms with Gasteiger partial charge in [0.2, 0.25) is 5.92 Å². The first-order valence-corrected chi connectivity index (χ1v) is 11.8. The zero-order valence-electron chi connectivity index (χ0n) is 18.7. The predicted octanol–water partition coefficient (Wildman–Crippen LogP) is 8.75. The van der Waals surface area contributed by atoms with Crippen LogP contribution in [0.4, 0.5) is 8.78 Å². The molecule has 3 rings (SSSR count). The van der Waals surface area contributed by atoms with Crippen LogP contribution in [0.25, 0.3) is 6.08 Å². The van der Waals surface area contributed by atoms with E-state index in [4.69, 9.17) is 0 Å². The molecule has 0 amide bonds. The summed E-state index contributed by atoms with van der Waals surface area (Å²) in [5.74, 6) is 4.21. The SMILES string of the molecule is CCCCCCC/C=C/c1ccc(C#Cc2ccc(C3CCC(F)(F)CC3)cc2)cc1. The molecule has 2 aromatic rings. The van der Waals surface area contributed by atoms with Gasteiger partial charge in [0.1, 0.15) is 0 Å². The third-order valence-corrected chi connectivity index (χ3v) is 6.15. The lowest BCUT2D eigenvalue weighted by molar-refractivity contribution is -0.0382. The molecular formula is C29H34F2. The van der Waals surface area contributed by atoms with Crippen LogP contribution in [0.5, 0.6) is 0 Å². The molecule has 0 saturated heterocycles. The average Bonchev–Trinajstić information content (AvgIpc) is 2.78. The van der Waals surface area contributed by atoms with E-state index in [9.17, 15) is 8.78 Å². The molecule has 0 spiro atoms. The Morgan fingerprint density at radius 3 is 2.03 bits per heavy atom. The fraction of sp³-hybridized carbons (Fsp3) is 0.448. The molecular weight excluding hydrogens is 386 g/mol. The molecule has 0 atom stereocenters. The second-order valence-electron chi connectivity index (χ2n) is 8.73. The van der Waals surface area contributed by atoms with Gasteiger partial charge in [-0.05, 0) is 67.0 Å². The Kier molecular flexibility index (Phi) is 8.89. The van der Waals surface area contributed by atoms with E-state index in [2.05, 4.69) is 55.2 Å². The van der Waals surface area contributed by atoms with Crippen molar-refractivity contribution in [1.82, 2.24) is 0 Å². The summed E-state index contributed by atoms with van der Waals surface area (Å²) in [4.78, 5) is 0. The van der Waals surface area contributed by atoms with Crippen molar-refractivity contribution in [3.05, 3.63) is 76.9 Å². The summed E-state index contributed by atoms with van der Waals surface area (Å²) in [6.45, 7) is 2.25. The minimum atomic E-state index is -2.47. The van der Waals surface area contributed by atoms with E-state index in [1.165, 1.54) is 37.7 Å². The number of rotatable bonds is 8. The molecule has 1 aliphatic carbocycles. The molecule has 164 valence electrons. The van der Waals surface area contributed by atoms with Gasteiger partial charge in [0.15, 0.2) is 0 Å². The van der Waals surface area contributed by atoms with E-state index in [0.717, 1.165) is 23.1 Å². The van der Waals surface area contributed by atoms with Crippen LogP contribution in [0.3, 0.4) is 0 Å². The molecule has 1 fully saturated rings. The van der Waals surface area contributed by atoms with Crippen LogP contribution in [0, 0.1) is 11.8 Å². The first kappa shape index (κ1) is 23.3. The van der Waals surface area contributed by atoms with Gasteiger partial charge in [-0.25, -0.2) is 8.78 Å². The molecule has 1 saturated carbocycles. The fourth-order valence-electron chi connectivity index (χ4n) is 4.12. The van der Waals surface area contributed by atoms with E-state index >= 15 is 0 Å². The topological polar surface area (TPSA) is 0 Å². The second kappa shape index (κ2) is 11.8. The van der Waals surface area contributed by atoms with Gasteiger partial charge in [0.25, 0.3) is 0 Å². The van der Waals surface area contributed by atoms with Crippen LogP contribution in [0.1, 0.15) is 99.3 Å². The molecule has 0 heterocycles. The molecule has 0 unspecified atom stereocenters. The minimum absolute atomic E-state index is 0.00334. The Morgan fingerprint density at radius 1 is 0.839 bits per heavy atom. The fourth-order valence-corrected chi connectivity index (χ4v) is 4.12. The number of benzene rings is 2. The van der Waals surface area contributed by atoms with Gasteiger partial charge in [-0.15, -0.1) is 0 Å². The summed E-state index contributed by atoms with van der Waals surface area (Å²) in [5, 5.41) is 0. The van der Waals surface area contributed by atoms with Gasteiger partial charge in [0, 0.05) is 24.0 Å². The number of unbranched alkanes of at least 4 members (excludes halogenated alkanes) is 5. The molecule has 0 bridgehead atoms. The van der Waals surface area contributed by atoms with Gasteiger partial charge in [-0.3, -0.25) is 0 Å². The Bertz CT molecular complexity index is 869. The predicted molar refractivity (Wildman–Crippen MR) is 127 cm³/mol. The van der Waals surface area contributed by atoms with Crippen molar-refractivity contribution >= 4 is 6.08 Å². The second-order valence-corrected chi connectivity index (χ2v) is 8.73. The molecule has 2 aromatic carbocycles. The van der Waals surface area contributed by atoms with Crippen molar-refractivity contribution in [2.24, 2.45) is 0 Å². The van der Waals surface area contributed by atoms with E-state index in [1.54, 1.807) is 0 Å². The smallest absolute Gasteiger partial charge is 0.207 e. The van der Waals surface area contributed by atoms with Gasteiger partial charge >= 0.3 is 0 Å². The lowest BCUT2D eigenvalue weighted by Gasteiger charge is -2.28. The number of hydrogen-bond donors (Lipinski definition) is 0. The Hall–Kier alpha value is -2.40. The first-order chi connectivity index (χ1) is 15.1. The monoisotopic (exact) mass is 420 g/mol. The van der Waals surface area contributed by atoms with E-state index in [-0.39, 0.29) is 18.8 Å². The highest BCUT2D eigenvalue weighted by atomic mass is 19.3. The summed E-state index contributed by atoms with van der Waals surface area (Å²) in [6, 6.07) is 16.5.